The van der Waals surface area contributed by atoms with Gasteiger partial charge in [0.2, 0.25) is 5.91 Å². The van der Waals surface area contributed by atoms with E-state index in [1.54, 1.807) is 6.08 Å². The van der Waals surface area contributed by atoms with Gasteiger partial charge in [-0.15, -0.1) is 0 Å². The average molecular weight is 203 g/mol. The Balaban J connectivity index is 2.73. The van der Waals surface area contributed by atoms with Gasteiger partial charge < -0.3 is 5.73 Å². The van der Waals surface area contributed by atoms with Gasteiger partial charge in [-0.3, -0.25) is 4.79 Å². The minimum absolute atomic E-state index is 0.298. The fourth-order valence-corrected chi connectivity index (χ4v) is 1.33. The van der Waals surface area contributed by atoms with Crippen molar-refractivity contribution in [1.82, 2.24) is 0 Å². The highest BCUT2D eigenvalue weighted by molar-refractivity contribution is 5.76. The highest BCUT2D eigenvalue weighted by Crippen LogP contribution is 2.16. The number of carbonyl (C=O) groups excluding carboxylic acids is 1. The van der Waals surface area contributed by atoms with Crippen LogP contribution < -0.4 is 5.73 Å². The van der Waals surface area contributed by atoms with Crippen LogP contribution in [0.25, 0.3) is 6.08 Å². The third-order valence-corrected chi connectivity index (χ3v) is 2.21. The number of rotatable bonds is 4. The minimum atomic E-state index is -0.300. The zero-order valence-electron chi connectivity index (χ0n) is 9.23. The second-order valence-electron chi connectivity index (χ2n) is 3.90. The summed E-state index contributed by atoms with van der Waals surface area (Å²) in [5, 5.41) is 0. The Kier molecular flexibility index (Phi) is 4.10. The molecule has 1 amide bonds. The van der Waals surface area contributed by atoms with E-state index >= 15 is 0 Å². The first-order chi connectivity index (χ1) is 7.09. The van der Waals surface area contributed by atoms with Crippen molar-refractivity contribution in [3.63, 3.8) is 0 Å². The molecule has 0 saturated carbocycles. The van der Waals surface area contributed by atoms with E-state index in [0.717, 1.165) is 5.56 Å². The van der Waals surface area contributed by atoms with Crippen LogP contribution in [-0.2, 0) is 4.79 Å². The normalized spacial score (nSPS) is 11.1. The molecule has 0 aromatic heterocycles. The van der Waals surface area contributed by atoms with Crippen molar-refractivity contribution < 1.29 is 4.79 Å². The molecule has 0 aliphatic heterocycles. The third-order valence-electron chi connectivity index (χ3n) is 2.21. The number of carbonyl (C=O) groups is 1. The zero-order chi connectivity index (χ0) is 11.3. The number of hydrogen-bond donors (Lipinski definition) is 1. The van der Waals surface area contributed by atoms with Crippen molar-refractivity contribution in [2.45, 2.75) is 26.2 Å². The number of primary amides is 1. The summed E-state index contributed by atoms with van der Waals surface area (Å²) in [6, 6.07) is 8.28. The molecule has 1 aromatic carbocycles. The quantitative estimate of drug-likeness (QED) is 0.803. The van der Waals surface area contributed by atoms with Crippen LogP contribution in [0.4, 0.5) is 0 Å². The first-order valence-electron chi connectivity index (χ1n) is 5.14. The molecule has 1 aromatic rings. The molecule has 0 fully saturated rings. The van der Waals surface area contributed by atoms with Crippen LogP contribution in [0.3, 0.4) is 0 Å². The van der Waals surface area contributed by atoms with Gasteiger partial charge in [-0.2, -0.15) is 0 Å². The van der Waals surface area contributed by atoms with Gasteiger partial charge in [-0.05, 0) is 17.0 Å². The van der Waals surface area contributed by atoms with E-state index in [0.29, 0.717) is 12.3 Å². The zero-order valence-corrected chi connectivity index (χ0v) is 9.23. The van der Waals surface area contributed by atoms with E-state index in [-0.39, 0.29) is 5.91 Å². The molecule has 0 heterocycles. The van der Waals surface area contributed by atoms with E-state index in [9.17, 15) is 4.79 Å². The van der Waals surface area contributed by atoms with Crippen molar-refractivity contribution in [3.05, 3.63) is 41.5 Å². The average Bonchev–Trinajstić information content (AvgIpc) is 2.17. The molecular weight excluding hydrogens is 186 g/mol. The predicted octanol–water partition coefficient (Wildman–Crippen LogP) is 2.70. The molecule has 0 spiro atoms. The summed E-state index contributed by atoms with van der Waals surface area (Å²) in [5.74, 6) is 0.223. The van der Waals surface area contributed by atoms with Crippen LogP contribution >= 0.6 is 0 Å². The van der Waals surface area contributed by atoms with E-state index in [1.165, 1.54) is 5.56 Å². The molecule has 0 aliphatic carbocycles. The van der Waals surface area contributed by atoms with Gasteiger partial charge in [-0.25, -0.2) is 0 Å². The first-order valence-corrected chi connectivity index (χ1v) is 5.14. The lowest BCUT2D eigenvalue weighted by Gasteiger charge is -2.05. The molecule has 2 nitrogen and oxygen atoms in total. The van der Waals surface area contributed by atoms with Gasteiger partial charge in [0.1, 0.15) is 0 Å². The lowest BCUT2D eigenvalue weighted by molar-refractivity contribution is -0.117. The van der Waals surface area contributed by atoms with E-state index in [4.69, 9.17) is 5.73 Å². The monoisotopic (exact) mass is 203 g/mol. The van der Waals surface area contributed by atoms with Gasteiger partial charge >= 0.3 is 0 Å². The fourth-order valence-electron chi connectivity index (χ4n) is 1.33. The topological polar surface area (TPSA) is 43.1 Å². The van der Waals surface area contributed by atoms with Crippen molar-refractivity contribution in [2.24, 2.45) is 5.73 Å². The SMILES string of the molecule is CC(C)c1cccc(C=CCC(N)=O)c1. The second-order valence-corrected chi connectivity index (χ2v) is 3.90. The van der Waals surface area contributed by atoms with E-state index in [2.05, 4.69) is 26.0 Å². The maximum Gasteiger partial charge on any atom is 0.221 e. The van der Waals surface area contributed by atoms with E-state index in [1.807, 2.05) is 18.2 Å². The third kappa shape index (κ3) is 3.98. The molecule has 0 unspecified atom stereocenters. The van der Waals surface area contributed by atoms with Crippen LogP contribution in [0.5, 0.6) is 0 Å². The Morgan fingerprint density at radius 2 is 2.20 bits per heavy atom. The van der Waals surface area contributed by atoms with Crippen molar-refractivity contribution in [1.29, 1.82) is 0 Å². The van der Waals surface area contributed by atoms with Crippen LogP contribution in [0.15, 0.2) is 30.3 Å². The van der Waals surface area contributed by atoms with Crippen molar-refractivity contribution in [2.75, 3.05) is 0 Å². The lowest BCUT2D eigenvalue weighted by atomic mass is 10.0. The highest BCUT2D eigenvalue weighted by Gasteiger charge is 1.98. The summed E-state index contributed by atoms with van der Waals surface area (Å²) in [5.41, 5.74) is 7.46. The Morgan fingerprint density at radius 1 is 1.47 bits per heavy atom. The first kappa shape index (κ1) is 11.5. The second kappa shape index (κ2) is 5.35. The summed E-state index contributed by atoms with van der Waals surface area (Å²) >= 11 is 0. The number of benzene rings is 1. The molecule has 2 heteroatoms. The Morgan fingerprint density at radius 3 is 2.80 bits per heavy atom. The largest absolute Gasteiger partial charge is 0.369 e. The van der Waals surface area contributed by atoms with Crippen molar-refractivity contribution in [3.8, 4) is 0 Å². The summed E-state index contributed by atoms with van der Waals surface area (Å²) in [7, 11) is 0. The number of hydrogen-bond acceptors (Lipinski definition) is 1. The summed E-state index contributed by atoms with van der Waals surface area (Å²) in [6.07, 6.45) is 4.02. The number of amides is 1. The maximum absolute atomic E-state index is 10.5. The molecule has 0 saturated heterocycles. The Hall–Kier alpha value is -1.57. The van der Waals surface area contributed by atoms with Crippen LogP contribution in [-0.4, -0.2) is 5.91 Å². The van der Waals surface area contributed by atoms with Gasteiger partial charge in [0.25, 0.3) is 0 Å². The highest BCUT2D eigenvalue weighted by atomic mass is 16.1. The smallest absolute Gasteiger partial charge is 0.221 e. The molecular formula is C13H17NO. The fraction of sp³-hybridized carbons (Fsp3) is 0.308. The van der Waals surface area contributed by atoms with Crippen LogP contribution in [0.1, 0.15) is 37.3 Å². The maximum atomic E-state index is 10.5. The molecule has 0 atom stereocenters. The van der Waals surface area contributed by atoms with Crippen molar-refractivity contribution >= 4 is 12.0 Å². The van der Waals surface area contributed by atoms with Crippen LogP contribution in [0, 0.1) is 0 Å². The summed E-state index contributed by atoms with van der Waals surface area (Å²) in [4.78, 5) is 10.5. The molecule has 2 N–H and O–H groups in total. The predicted molar refractivity (Wildman–Crippen MR) is 63.4 cm³/mol. The van der Waals surface area contributed by atoms with E-state index < -0.39 is 0 Å². The van der Waals surface area contributed by atoms with Gasteiger partial charge in [-0.1, -0.05) is 50.3 Å². The Bertz CT molecular complexity index is 367. The minimum Gasteiger partial charge on any atom is -0.369 e. The standard InChI is InChI=1S/C13H17NO/c1-10(2)12-7-3-5-11(9-12)6-4-8-13(14)15/h3-7,9-10H,8H2,1-2H3,(H2,14,15). The van der Waals surface area contributed by atoms with Crippen LogP contribution in [0.2, 0.25) is 0 Å². The summed E-state index contributed by atoms with van der Waals surface area (Å²) < 4.78 is 0. The van der Waals surface area contributed by atoms with Gasteiger partial charge in [0.05, 0.1) is 0 Å². The molecule has 1 rings (SSSR count). The van der Waals surface area contributed by atoms with Gasteiger partial charge in [0, 0.05) is 6.42 Å². The molecule has 0 bridgehead atoms. The molecule has 15 heavy (non-hydrogen) atoms. The molecule has 0 aliphatic rings. The number of nitrogens with two attached hydrogens (primary N) is 1. The van der Waals surface area contributed by atoms with Gasteiger partial charge in [0.15, 0.2) is 0 Å². The Labute approximate surface area is 90.8 Å². The summed E-state index contributed by atoms with van der Waals surface area (Å²) in [6.45, 7) is 4.32. The molecule has 0 radical (unpaired) electrons. The lowest BCUT2D eigenvalue weighted by Crippen LogP contribution is -2.07. The molecule has 80 valence electrons.